The molecule has 2 aliphatic rings. The van der Waals surface area contributed by atoms with Crippen LogP contribution >= 0.6 is 0 Å². The maximum atomic E-state index is 12.4. The summed E-state index contributed by atoms with van der Waals surface area (Å²) in [5, 5.41) is 14.1. The van der Waals surface area contributed by atoms with Crippen LogP contribution in [0.3, 0.4) is 0 Å². The van der Waals surface area contributed by atoms with Crippen LogP contribution in [0.25, 0.3) is 0 Å². The first kappa shape index (κ1) is 15.7. The first-order valence-electron chi connectivity index (χ1n) is 7.67. The average molecular weight is 319 g/mol. The topological polar surface area (TPSA) is 84.7 Å². The van der Waals surface area contributed by atoms with Crippen molar-refractivity contribution >= 4 is 11.8 Å². The molecule has 0 aliphatic carbocycles. The van der Waals surface area contributed by atoms with Gasteiger partial charge in [-0.2, -0.15) is 0 Å². The summed E-state index contributed by atoms with van der Waals surface area (Å²) in [7, 11) is 0. The maximum Gasteiger partial charge on any atom is 0.410 e. The van der Waals surface area contributed by atoms with Gasteiger partial charge in [-0.3, -0.25) is 15.0 Å². The summed E-state index contributed by atoms with van der Waals surface area (Å²) >= 11 is 0. The van der Waals surface area contributed by atoms with Crippen LogP contribution in [0.15, 0.2) is 24.3 Å². The van der Waals surface area contributed by atoms with Gasteiger partial charge in [0.2, 0.25) is 0 Å². The smallest absolute Gasteiger partial charge is 0.410 e. The van der Waals surface area contributed by atoms with Crippen molar-refractivity contribution in [2.75, 3.05) is 19.6 Å². The Bertz CT molecular complexity index is 632. The zero-order valence-electron chi connectivity index (χ0n) is 13.5. The monoisotopic (exact) mass is 319 g/mol. The third-order valence-electron chi connectivity index (χ3n) is 4.38. The van der Waals surface area contributed by atoms with Gasteiger partial charge in [0.15, 0.2) is 0 Å². The standard InChI is InChI=1S/C16H21N3O4/c1-15(2,3)23-14(20)18-10-16(8-17-9-16)13(18)11-4-6-12(7-5-11)19(21)22/h4-7,13,17H,8-10H2,1-3H3. The summed E-state index contributed by atoms with van der Waals surface area (Å²) in [6.45, 7) is 7.85. The van der Waals surface area contributed by atoms with Crippen LogP contribution in [0, 0.1) is 15.5 Å². The van der Waals surface area contributed by atoms with Crippen LogP contribution in [0.2, 0.25) is 0 Å². The molecule has 0 radical (unpaired) electrons. The van der Waals surface area contributed by atoms with Gasteiger partial charge in [0, 0.05) is 37.2 Å². The van der Waals surface area contributed by atoms with E-state index < -0.39 is 10.5 Å². The molecular formula is C16H21N3O4. The third kappa shape index (κ3) is 2.76. The normalized spacial score (nSPS) is 22.2. The number of nitro groups is 1. The van der Waals surface area contributed by atoms with Gasteiger partial charge in [0.1, 0.15) is 5.60 Å². The van der Waals surface area contributed by atoms with Crippen molar-refractivity contribution in [2.24, 2.45) is 5.41 Å². The number of amides is 1. The van der Waals surface area contributed by atoms with Gasteiger partial charge in [-0.05, 0) is 26.3 Å². The molecule has 0 aromatic heterocycles. The Morgan fingerprint density at radius 3 is 2.39 bits per heavy atom. The molecule has 1 N–H and O–H groups in total. The summed E-state index contributed by atoms with van der Waals surface area (Å²) < 4.78 is 5.48. The molecule has 2 aliphatic heterocycles. The van der Waals surface area contributed by atoms with Crippen LogP contribution in [0.5, 0.6) is 0 Å². The fraction of sp³-hybridized carbons (Fsp3) is 0.562. The molecule has 0 bridgehead atoms. The number of non-ortho nitro benzene ring substituents is 1. The minimum absolute atomic E-state index is 0.0209. The number of nitrogens with one attached hydrogen (secondary N) is 1. The number of rotatable bonds is 2. The van der Waals surface area contributed by atoms with E-state index in [4.69, 9.17) is 4.74 Å². The van der Waals surface area contributed by atoms with Crippen molar-refractivity contribution in [3.8, 4) is 0 Å². The Morgan fingerprint density at radius 1 is 1.35 bits per heavy atom. The van der Waals surface area contributed by atoms with Crippen molar-refractivity contribution in [2.45, 2.75) is 32.4 Å². The van der Waals surface area contributed by atoms with E-state index in [1.807, 2.05) is 20.8 Å². The van der Waals surface area contributed by atoms with E-state index in [-0.39, 0.29) is 23.2 Å². The molecule has 3 rings (SSSR count). The van der Waals surface area contributed by atoms with E-state index in [1.165, 1.54) is 12.1 Å². The van der Waals surface area contributed by atoms with Crippen LogP contribution < -0.4 is 5.32 Å². The fourth-order valence-corrected chi connectivity index (χ4v) is 3.29. The number of nitrogens with zero attached hydrogens (tertiary/aromatic N) is 2. The Morgan fingerprint density at radius 2 is 1.96 bits per heavy atom. The quantitative estimate of drug-likeness (QED) is 0.668. The zero-order chi connectivity index (χ0) is 16.8. The first-order chi connectivity index (χ1) is 10.7. The predicted molar refractivity (Wildman–Crippen MR) is 84.1 cm³/mol. The van der Waals surface area contributed by atoms with E-state index in [0.29, 0.717) is 6.54 Å². The summed E-state index contributed by atoms with van der Waals surface area (Å²) in [5.74, 6) is 0. The number of carbonyl (C=O) groups excluding carboxylic acids is 1. The van der Waals surface area contributed by atoms with Crippen LogP contribution in [0.1, 0.15) is 32.4 Å². The van der Waals surface area contributed by atoms with Crippen LogP contribution in [0.4, 0.5) is 10.5 Å². The molecule has 1 unspecified atom stereocenters. The van der Waals surface area contributed by atoms with E-state index in [9.17, 15) is 14.9 Å². The molecule has 2 saturated heterocycles. The highest BCUT2D eigenvalue weighted by Gasteiger charge is 2.59. The Kier molecular flexibility index (Phi) is 3.55. The molecule has 23 heavy (non-hydrogen) atoms. The predicted octanol–water partition coefficient (Wildman–Crippen LogP) is 2.48. The first-order valence-corrected chi connectivity index (χ1v) is 7.67. The highest BCUT2D eigenvalue weighted by molar-refractivity contribution is 5.71. The molecule has 1 atom stereocenters. The van der Waals surface area contributed by atoms with Gasteiger partial charge in [0.05, 0.1) is 11.0 Å². The minimum Gasteiger partial charge on any atom is -0.444 e. The highest BCUT2D eigenvalue weighted by atomic mass is 16.6. The number of hydrogen-bond donors (Lipinski definition) is 1. The van der Waals surface area contributed by atoms with Gasteiger partial charge in [-0.25, -0.2) is 4.79 Å². The lowest BCUT2D eigenvalue weighted by atomic mass is 9.65. The van der Waals surface area contributed by atoms with Gasteiger partial charge < -0.3 is 10.1 Å². The molecule has 1 spiro atoms. The van der Waals surface area contributed by atoms with Crippen LogP contribution in [-0.4, -0.2) is 41.2 Å². The van der Waals surface area contributed by atoms with E-state index in [2.05, 4.69) is 5.32 Å². The van der Waals surface area contributed by atoms with E-state index in [1.54, 1.807) is 17.0 Å². The lowest BCUT2D eigenvalue weighted by molar-refractivity contribution is -0.384. The Labute approximate surface area is 134 Å². The molecule has 1 aromatic carbocycles. The lowest BCUT2D eigenvalue weighted by Gasteiger charge is -2.62. The second-order valence-corrected chi connectivity index (χ2v) is 7.33. The third-order valence-corrected chi connectivity index (χ3v) is 4.38. The summed E-state index contributed by atoms with van der Waals surface area (Å²) in [5.41, 5.74) is 0.442. The molecule has 7 heteroatoms. The van der Waals surface area contributed by atoms with Gasteiger partial charge in [0.25, 0.3) is 5.69 Å². The lowest BCUT2D eigenvalue weighted by Crippen LogP contribution is -2.73. The van der Waals surface area contributed by atoms with Crippen LogP contribution in [-0.2, 0) is 4.74 Å². The number of nitro benzene ring substituents is 1. The van der Waals surface area contributed by atoms with Gasteiger partial charge >= 0.3 is 6.09 Å². The number of benzene rings is 1. The van der Waals surface area contributed by atoms with Gasteiger partial charge in [-0.1, -0.05) is 12.1 Å². The molecular weight excluding hydrogens is 298 g/mol. The fourth-order valence-electron chi connectivity index (χ4n) is 3.29. The maximum absolute atomic E-state index is 12.4. The SMILES string of the molecule is CC(C)(C)OC(=O)N1CC2(CNC2)C1c1ccc([N+](=O)[O-])cc1. The number of carbonyl (C=O) groups is 1. The second kappa shape index (κ2) is 5.19. The van der Waals surface area contributed by atoms with Crippen molar-refractivity contribution in [1.82, 2.24) is 10.2 Å². The molecule has 0 saturated carbocycles. The molecule has 1 aromatic rings. The Balaban J connectivity index is 1.83. The summed E-state index contributed by atoms with van der Waals surface area (Å²) in [4.78, 5) is 24.5. The molecule has 1 amide bonds. The average Bonchev–Trinajstić information content (AvgIpc) is 2.34. The van der Waals surface area contributed by atoms with E-state index in [0.717, 1.165) is 18.7 Å². The van der Waals surface area contributed by atoms with Crippen molar-refractivity contribution < 1.29 is 14.5 Å². The zero-order valence-corrected chi connectivity index (χ0v) is 13.5. The molecule has 2 fully saturated rings. The highest BCUT2D eigenvalue weighted by Crippen LogP contribution is 2.51. The van der Waals surface area contributed by atoms with Crippen molar-refractivity contribution in [1.29, 1.82) is 0 Å². The summed E-state index contributed by atoms with van der Waals surface area (Å²) in [6, 6.07) is 6.35. The molecule has 2 heterocycles. The Hall–Kier alpha value is -2.15. The molecule has 7 nitrogen and oxygen atoms in total. The molecule has 124 valence electrons. The number of likely N-dealkylation sites (tertiary alicyclic amines) is 1. The van der Waals surface area contributed by atoms with Crippen molar-refractivity contribution in [3.05, 3.63) is 39.9 Å². The minimum atomic E-state index is -0.544. The summed E-state index contributed by atoms with van der Waals surface area (Å²) in [6.07, 6.45) is -0.335. The largest absolute Gasteiger partial charge is 0.444 e. The second-order valence-electron chi connectivity index (χ2n) is 7.33. The van der Waals surface area contributed by atoms with Crippen molar-refractivity contribution in [3.63, 3.8) is 0 Å². The van der Waals surface area contributed by atoms with Gasteiger partial charge in [-0.15, -0.1) is 0 Å². The number of hydrogen-bond acceptors (Lipinski definition) is 5. The number of ether oxygens (including phenoxy) is 1. The van der Waals surface area contributed by atoms with E-state index >= 15 is 0 Å².